The number of benzene rings is 2. The number of hydrogen-bond donors (Lipinski definition) is 0. The minimum atomic E-state index is 0.0589. The summed E-state index contributed by atoms with van der Waals surface area (Å²) in [5.41, 5.74) is 0.881. The van der Waals surface area contributed by atoms with Crippen molar-refractivity contribution in [2.24, 2.45) is 0 Å². The molecule has 1 amide bonds. The van der Waals surface area contributed by atoms with Gasteiger partial charge in [-0.1, -0.05) is 29.5 Å². The van der Waals surface area contributed by atoms with Crippen LogP contribution in [0.15, 0.2) is 72.1 Å². The SMILES string of the molecule is CCOc1ccc2nc(N(CCCn3ccnc3)C(=O)CSc3ccccc3)sc2c1. The molecular formula is C23H24N4O2S2. The van der Waals surface area contributed by atoms with Crippen LogP contribution in [0.3, 0.4) is 0 Å². The van der Waals surface area contributed by atoms with Crippen LogP contribution >= 0.6 is 23.1 Å². The number of fused-ring (bicyclic) bond motifs is 1. The molecule has 2 heterocycles. The Morgan fingerprint density at radius 2 is 2.10 bits per heavy atom. The molecule has 0 radical (unpaired) electrons. The predicted octanol–water partition coefficient (Wildman–Crippen LogP) is 5.11. The molecule has 160 valence electrons. The Morgan fingerprint density at radius 1 is 1.23 bits per heavy atom. The molecule has 4 aromatic rings. The molecule has 0 N–H and O–H groups in total. The molecular weight excluding hydrogens is 428 g/mol. The van der Waals surface area contributed by atoms with Gasteiger partial charge in [0.2, 0.25) is 5.91 Å². The molecule has 0 saturated heterocycles. The summed E-state index contributed by atoms with van der Waals surface area (Å²) in [6, 6.07) is 15.9. The fourth-order valence-corrected chi connectivity index (χ4v) is 4.99. The first-order valence-corrected chi connectivity index (χ1v) is 12.0. The third-order valence-electron chi connectivity index (χ3n) is 4.65. The number of nitrogens with zero attached hydrogens (tertiary/aromatic N) is 4. The first kappa shape index (κ1) is 21.4. The molecule has 6 nitrogen and oxygen atoms in total. The van der Waals surface area contributed by atoms with Crippen molar-refractivity contribution >= 4 is 44.4 Å². The Bertz CT molecular complexity index is 1110. The third-order valence-corrected chi connectivity index (χ3v) is 6.69. The maximum atomic E-state index is 13.2. The third kappa shape index (κ3) is 5.65. The number of aryl methyl sites for hydroxylation is 1. The zero-order chi connectivity index (χ0) is 21.5. The Hall–Kier alpha value is -2.84. The lowest BCUT2D eigenvalue weighted by Crippen LogP contribution is -2.33. The van der Waals surface area contributed by atoms with Gasteiger partial charge < -0.3 is 9.30 Å². The fourth-order valence-electron chi connectivity index (χ4n) is 3.16. The summed E-state index contributed by atoms with van der Waals surface area (Å²) in [6.07, 6.45) is 6.32. The Labute approximate surface area is 189 Å². The number of rotatable bonds is 10. The van der Waals surface area contributed by atoms with Crippen LogP contribution in [0.4, 0.5) is 5.13 Å². The monoisotopic (exact) mass is 452 g/mol. The molecule has 0 saturated carbocycles. The van der Waals surface area contributed by atoms with Crippen LogP contribution in [-0.4, -0.2) is 39.3 Å². The van der Waals surface area contributed by atoms with Gasteiger partial charge in [0, 0.05) is 30.4 Å². The van der Waals surface area contributed by atoms with Gasteiger partial charge in [0.1, 0.15) is 5.75 Å². The fraction of sp³-hybridized carbons (Fsp3) is 0.261. The normalized spacial score (nSPS) is 11.0. The highest BCUT2D eigenvalue weighted by Crippen LogP contribution is 2.32. The molecule has 31 heavy (non-hydrogen) atoms. The van der Waals surface area contributed by atoms with E-state index in [1.54, 1.807) is 24.3 Å². The van der Waals surface area contributed by atoms with Crippen molar-refractivity contribution in [2.75, 3.05) is 23.8 Å². The summed E-state index contributed by atoms with van der Waals surface area (Å²) in [6.45, 7) is 3.99. The van der Waals surface area contributed by atoms with Crippen molar-refractivity contribution in [3.8, 4) is 5.75 Å². The number of hydrogen-bond acceptors (Lipinski definition) is 6. The minimum absolute atomic E-state index is 0.0589. The van der Waals surface area contributed by atoms with E-state index in [1.165, 1.54) is 11.3 Å². The topological polar surface area (TPSA) is 60.2 Å². The Kier molecular flexibility index (Phi) is 7.22. The molecule has 0 atom stereocenters. The summed E-state index contributed by atoms with van der Waals surface area (Å²) < 4.78 is 8.65. The molecule has 0 fully saturated rings. The largest absolute Gasteiger partial charge is 0.494 e. The summed E-state index contributed by atoms with van der Waals surface area (Å²) in [5, 5.41) is 0.730. The molecule has 0 aliphatic heterocycles. The highest BCUT2D eigenvalue weighted by atomic mass is 32.2. The molecule has 0 aliphatic carbocycles. The summed E-state index contributed by atoms with van der Waals surface area (Å²) in [7, 11) is 0. The number of anilines is 1. The molecule has 2 aromatic heterocycles. The van der Waals surface area contributed by atoms with E-state index in [-0.39, 0.29) is 5.91 Å². The quantitative estimate of drug-likeness (QED) is 0.313. The lowest BCUT2D eigenvalue weighted by Gasteiger charge is -2.20. The maximum absolute atomic E-state index is 13.2. The number of imidazole rings is 1. The van der Waals surface area contributed by atoms with E-state index in [2.05, 4.69) is 4.98 Å². The van der Waals surface area contributed by atoms with Gasteiger partial charge >= 0.3 is 0 Å². The van der Waals surface area contributed by atoms with Crippen LogP contribution in [0.1, 0.15) is 13.3 Å². The number of aromatic nitrogens is 3. The summed E-state index contributed by atoms with van der Waals surface area (Å²) >= 11 is 3.08. The van der Waals surface area contributed by atoms with Crippen LogP contribution in [0, 0.1) is 0 Å². The Balaban J connectivity index is 1.51. The van der Waals surface area contributed by atoms with E-state index < -0.39 is 0 Å². The summed E-state index contributed by atoms with van der Waals surface area (Å²) in [4.78, 5) is 24.9. The lowest BCUT2D eigenvalue weighted by molar-refractivity contribution is -0.116. The van der Waals surface area contributed by atoms with Gasteiger partial charge in [-0.25, -0.2) is 9.97 Å². The van der Waals surface area contributed by atoms with Gasteiger partial charge in [0.25, 0.3) is 0 Å². The molecule has 4 rings (SSSR count). The molecule has 0 spiro atoms. The van der Waals surface area contributed by atoms with Crippen LogP contribution < -0.4 is 9.64 Å². The lowest BCUT2D eigenvalue weighted by atomic mass is 10.3. The van der Waals surface area contributed by atoms with Crippen molar-refractivity contribution in [3.05, 3.63) is 67.3 Å². The number of ether oxygens (including phenoxy) is 1. The van der Waals surface area contributed by atoms with E-state index in [0.717, 1.165) is 39.0 Å². The van der Waals surface area contributed by atoms with E-state index in [9.17, 15) is 4.79 Å². The van der Waals surface area contributed by atoms with Crippen molar-refractivity contribution in [3.63, 3.8) is 0 Å². The van der Waals surface area contributed by atoms with Crippen LogP contribution in [0.25, 0.3) is 10.2 Å². The summed E-state index contributed by atoms with van der Waals surface area (Å²) in [5.74, 6) is 1.25. The second-order valence-corrected chi connectivity index (χ2v) is 8.92. The van der Waals surface area contributed by atoms with E-state index in [0.29, 0.717) is 18.9 Å². The highest BCUT2D eigenvalue weighted by Gasteiger charge is 2.20. The smallest absolute Gasteiger partial charge is 0.239 e. The predicted molar refractivity (Wildman–Crippen MR) is 127 cm³/mol. The number of thiazole rings is 1. The number of amides is 1. The molecule has 0 aliphatic rings. The van der Waals surface area contributed by atoms with Crippen molar-refractivity contribution < 1.29 is 9.53 Å². The van der Waals surface area contributed by atoms with Crippen molar-refractivity contribution in [2.45, 2.75) is 24.8 Å². The number of thioether (sulfide) groups is 1. The van der Waals surface area contributed by atoms with E-state index >= 15 is 0 Å². The van der Waals surface area contributed by atoms with Crippen LogP contribution in [0.2, 0.25) is 0 Å². The van der Waals surface area contributed by atoms with Crippen molar-refractivity contribution in [1.29, 1.82) is 0 Å². The average Bonchev–Trinajstić information content (AvgIpc) is 3.45. The first-order valence-electron chi connectivity index (χ1n) is 10.2. The molecule has 0 unspecified atom stereocenters. The molecule has 2 aromatic carbocycles. The van der Waals surface area contributed by atoms with Crippen LogP contribution in [-0.2, 0) is 11.3 Å². The first-order chi connectivity index (χ1) is 15.2. The molecule has 8 heteroatoms. The molecule has 0 bridgehead atoms. The standard InChI is InChI=1S/C23H24N4O2S2/c1-2-29-18-9-10-20-21(15-18)31-23(25-20)27(13-6-12-26-14-11-24-17-26)22(28)16-30-19-7-4-3-5-8-19/h3-5,7-11,14-15,17H,2,6,12-13,16H2,1H3. The minimum Gasteiger partial charge on any atom is -0.494 e. The van der Waals surface area contributed by atoms with Gasteiger partial charge in [-0.3, -0.25) is 9.69 Å². The van der Waals surface area contributed by atoms with Gasteiger partial charge in [-0.15, -0.1) is 11.8 Å². The number of carbonyl (C=O) groups excluding carboxylic acids is 1. The highest BCUT2D eigenvalue weighted by molar-refractivity contribution is 8.00. The van der Waals surface area contributed by atoms with Crippen molar-refractivity contribution in [1.82, 2.24) is 14.5 Å². The second kappa shape index (κ2) is 10.5. The zero-order valence-corrected chi connectivity index (χ0v) is 18.9. The zero-order valence-electron chi connectivity index (χ0n) is 17.3. The van der Waals surface area contributed by atoms with E-state index in [4.69, 9.17) is 9.72 Å². The average molecular weight is 453 g/mol. The van der Waals surface area contributed by atoms with Crippen LogP contribution in [0.5, 0.6) is 5.75 Å². The van der Waals surface area contributed by atoms with Gasteiger partial charge in [0.05, 0.1) is 28.9 Å². The van der Waals surface area contributed by atoms with Gasteiger partial charge in [0.15, 0.2) is 5.13 Å². The maximum Gasteiger partial charge on any atom is 0.239 e. The second-order valence-electron chi connectivity index (χ2n) is 6.86. The van der Waals surface area contributed by atoms with Gasteiger partial charge in [-0.2, -0.15) is 0 Å². The van der Waals surface area contributed by atoms with Gasteiger partial charge in [-0.05, 0) is 43.7 Å². The number of carbonyl (C=O) groups is 1. The Morgan fingerprint density at radius 3 is 2.87 bits per heavy atom. The van der Waals surface area contributed by atoms with E-state index in [1.807, 2.05) is 71.1 Å².